The maximum atomic E-state index is 12.4. The number of aromatic nitrogens is 1. The van der Waals surface area contributed by atoms with Crippen molar-refractivity contribution < 1.29 is 14.3 Å². The van der Waals surface area contributed by atoms with E-state index >= 15 is 0 Å². The van der Waals surface area contributed by atoms with E-state index in [1.54, 1.807) is 61.7 Å². The number of carbonyl (C=O) groups is 2. The van der Waals surface area contributed by atoms with Crippen molar-refractivity contribution in [3.63, 3.8) is 0 Å². The summed E-state index contributed by atoms with van der Waals surface area (Å²) in [6.07, 6.45) is 0. The number of hydrogen-bond acceptors (Lipinski definition) is 4. The third-order valence-electron chi connectivity index (χ3n) is 3.68. The molecule has 0 spiro atoms. The molecule has 0 aliphatic heterocycles. The lowest BCUT2D eigenvalue weighted by Crippen LogP contribution is -2.18. The molecule has 27 heavy (non-hydrogen) atoms. The van der Waals surface area contributed by atoms with E-state index in [2.05, 4.69) is 15.6 Å². The Morgan fingerprint density at radius 2 is 1.48 bits per heavy atom. The first-order valence-electron chi connectivity index (χ1n) is 8.05. The lowest BCUT2D eigenvalue weighted by molar-refractivity contribution is 0.101. The molecule has 6 nitrogen and oxygen atoms in total. The molecule has 0 radical (unpaired) electrons. The summed E-state index contributed by atoms with van der Waals surface area (Å²) >= 11 is 6.04. The number of anilines is 2. The summed E-state index contributed by atoms with van der Waals surface area (Å²) in [5.74, 6) is -0.195. The van der Waals surface area contributed by atoms with Gasteiger partial charge in [-0.2, -0.15) is 0 Å². The summed E-state index contributed by atoms with van der Waals surface area (Å²) in [5, 5.41) is 5.82. The van der Waals surface area contributed by atoms with Crippen LogP contribution in [0.4, 0.5) is 11.4 Å². The van der Waals surface area contributed by atoms with E-state index in [0.29, 0.717) is 22.1 Å². The Bertz CT molecular complexity index is 974. The van der Waals surface area contributed by atoms with Crippen molar-refractivity contribution in [3.8, 4) is 5.75 Å². The van der Waals surface area contributed by atoms with Crippen molar-refractivity contribution in [2.45, 2.75) is 0 Å². The molecule has 2 aromatic carbocycles. The zero-order chi connectivity index (χ0) is 19.2. The van der Waals surface area contributed by atoms with Gasteiger partial charge < -0.3 is 15.4 Å². The highest BCUT2D eigenvalue weighted by Gasteiger charge is 2.14. The Morgan fingerprint density at radius 1 is 0.852 bits per heavy atom. The molecule has 7 heteroatoms. The van der Waals surface area contributed by atoms with Crippen molar-refractivity contribution in [2.24, 2.45) is 0 Å². The van der Waals surface area contributed by atoms with Gasteiger partial charge in [0.25, 0.3) is 11.8 Å². The maximum Gasteiger partial charge on any atom is 0.274 e. The molecule has 1 aromatic heterocycles. The number of benzene rings is 2. The SMILES string of the molecule is COc1ccc(NC(=O)c2cccc(C(=O)Nc3ccccc3Cl)n2)cc1. The van der Waals surface area contributed by atoms with E-state index in [0.717, 1.165) is 0 Å². The predicted octanol–water partition coefficient (Wildman–Crippen LogP) is 4.25. The average molecular weight is 382 g/mol. The molecule has 0 saturated heterocycles. The van der Waals surface area contributed by atoms with Crippen LogP contribution in [0.15, 0.2) is 66.7 Å². The van der Waals surface area contributed by atoms with Crippen LogP contribution in [0, 0.1) is 0 Å². The Labute approximate surface area is 161 Å². The van der Waals surface area contributed by atoms with Gasteiger partial charge in [0.15, 0.2) is 0 Å². The fourth-order valence-electron chi connectivity index (χ4n) is 2.31. The molecule has 0 unspecified atom stereocenters. The molecule has 0 bridgehead atoms. The third kappa shape index (κ3) is 4.62. The number of para-hydroxylation sites is 1. The maximum absolute atomic E-state index is 12.4. The first kappa shape index (κ1) is 18.4. The number of nitrogens with zero attached hydrogens (tertiary/aromatic N) is 1. The van der Waals surface area contributed by atoms with Gasteiger partial charge in [0.1, 0.15) is 17.1 Å². The first-order valence-corrected chi connectivity index (χ1v) is 8.43. The molecule has 0 atom stereocenters. The van der Waals surface area contributed by atoms with Crippen molar-refractivity contribution in [2.75, 3.05) is 17.7 Å². The molecule has 136 valence electrons. The monoisotopic (exact) mass is 381 g/mol. The van der Waals surface area contributed by atoms with Crippen LogP contribution in [0.3, 0.4) is 0 Å². The van der Waals surface area contributed by atoms with Gasteiger partial charge in [0.05, 0.1) is 17.8 Å². The fraction of sp³-hybridized carbons (Fsp3) is 0.0500. The average Bonchev–Trinajstić information content (AvgIpc) is 2.70. The molecule has 2 N–H and O–H groups in total. The molecule has 3 aromatic rings. The largest absolute Gasteiger partial charge is 0.497 e. The highest BCUT2D eigenvalue weighted by molar-refractivity contribution is 6.33. The number of rotatable bonds is 5. The number of halogens is 1. The minimum Gasteiger partial charge on any atom is -0.497 e. The minimum absolute atomic E-state index is 0.109. The standard InChI is InChI=1S/C20H16ClN3O3/c1-27-14-11-9-13(10-12-14)22-19(25)17-7-4-8-18(23-17)20(26)24-16-6-3-2-5-15(16)21/h2-12H,1H3,(H,22,25)(H,24,26). The predicted molar refractivity (Wildman–Crippen MR) is 105 cm³/mol. The normalized spacial score (nSPS) is 10.1. The molecule has 1 heterocycles. The van der Waals surface area contributed by atoms with Gasteiger partial charge in [-0.25, -0.2) is 4.98 Å². The summed E-state index contributed by atoms with van der Waals surface area (Å²) in [6, 6.07) is 18.4. The van der Waals surface area contributed by atoms with Crippen LogP contribution in [-0.2, 0) is 0 Å². The van der Waals surface area contributed by atoms with E-state index in [-0.39, 0.29) is 11.4 Å². The van der Waals surface area contributed by atoms with Crippen LogP contribution < -0.4 is 15.4 Å². The van der Waals surface area contributed by atoms with Crippen LogP contribution in [-0.4, -0.2) is 23.9 Å². The van der Waals surface area contributed by atoms with E-state index in [1.807, 2.05) is 0 Å². The second kappa shape index (κ2) is 8.33. The van der Waals surface area contributed by atoms with Gasteiger partial charge in [-0.1, -0.05) is 29.8 Å². The fourth-order valence-corrected chi connectivity index (χ4v) is 2.49. The van der Waals surface area contributed by atoms with Crippen LogP contribution in [0.25, 0.3) is 0 Å². The summed E-state index contributed by atoms with van der Waals surface area (Å²) in [7, 11) is 1.57. The third-order valence-corrected chi connectivity index (χ3v) is 4.01. The molecule has 2 amide bonds. The van der Waals surface area contributed by atoms with Crippen molar-refractivity contribution >= 4 is 34.8 Å². The highest BCUT2D eigenvalue weighted by Crippen LogP contribution is 2.21. The minimum atomic E-state index is -0.456. The van der Waals surface area contributed by atoms with E-state index in [4.69, 9.17) is 16.3 Å². The Balaban J connectivity index is 1.73. The Hall–Kier alpha value is -3.38. The van der Waals surface area contributed by atoms with Crippen molar-refractivity contribution in [1.82, 2.24) is 4.98 Å². The number of ether oxygens (including phenoxy) is 1. The topological polar surface area (TPSA) is 80.3 Å². The summed E-state index contributed by atoms with van der Waals surface area (Å²) in [5.41, 5.74) is 1.29. The molecular weight excluding hydrogens is 366 g/mol. The molecule has 0 aliphatic carbocycles. The van der Waals surface area contributed by atoms with E-state index < -0.39 is 11.8 Å². The second-order valence-electron chi connectivity index (χ2n) is 5.52. The van der Waals surface area contributed by atoms with Crippen molar-refractivity contribution in [3.05, 3.63) is 83.1 Å². The van der Waals surface area contributed by atoms with Crippen molar-refractivity contribution in [1.29, 1.82) is 0 Å². The number of carbonyl (C=O) groups excluding carboxylic acids is 2. The number of hydrogen-bond donors (Lipinski definition) is 2. The zero-order valence-electron chi connectivity index (χ0n) is 14.4. The van der Waals surface area contributed by atoms with E-state index in [9.17, 15) is 9.59 Å². The smallest absolute Gasteiger partial charge is 0.274 e. The quantitative estimate of drug-likeness (QED) is 0.692. The molecule has 0 aliphatic rings. The van der Waals surface area contributed by atoms with Crippen LogP contribution in [0.5, 0.6) is 5.75 Å². The summed E-state index contributed by atoms with van der Waals surface area (Å²) < 4.78 is 5.08. The van der Waals surface area contributed by atoms with Gasteiger partial charge in [-0.15, -0.1) is 0 Å². The number of pyridine rings is 1. The van der Waals surface area contributed by atoms with Gasteiger partial charge >= 0.3 is 0 Å². The van der Waals surface area contributed by atoms with Crippen LogP contribution in [0.1, 0.15) is 21.0 Å². The molecular formula is C20H16ClN3O3. The number of methoxy groups -OCH3 is 1. The Kier molecular flexibility index (Phi) is 5.68. The first-order chi connectivity index (χ1) is 13.1. The molecule has 3 rings (SSSR count). The van der Waals surface area contributed by atoms with Crippen LogP contribution >= 0.6 is 11.6 Å². The van der Waals surface area contributed by atoms with Gasteiger partial charge in [0.2, 0.25) is 0 Å². The highest BCUT2D eigenvalue weighted by atomic mass is 35.5. The Morgan fingerprint density at radius 3 is 2.11 bits per heavy atom. The molecule has 0 saturated carbocycles. The zero-order valence-corrected chi connectivity index (χ0v) is 15.2. The lowest BCUT2D eigenvalue weighted by atomic mass is 10.2. The number of nitrogens with one attached hydrogen (secondary N) is 2. The van der Waals surface area contributed by atoms with Gasteiger partial charge in [0, 0.05) is 5.69 Å². The van der Waals surface area contributed by atoms with E-state index in [1.165, 1.54) is 12.1 Å². The second-order valence-corrected chi connectivity index (χ2v) is 5.93. The van der Waals surface area contributed by atoms with Gasteiger partial charge in [-0.3, -0.25) is 9.59 Å². The summed E-state index contributed by atoms with van der Waals surface area (Å²) in [6.45, 7) is 0. The lowest BCUT2D eigenvalue weighted by Gasteiger charge is -2.08. The number of amides is 2. The molecule has 0 fully saturated rings. The van der Waals surface area contributed by atoms with Gasteiger partial charge in [-0.05, 0) is 48.5 Å². The summed E-state index contributed by atoms with van der Waals surface area (Å²) in [4.78, 5) is 28.9. The van der Waals surface area contributed by atoms with Crippen LogP contribution in [0.2, 0.25) is 5.02 Å².